The highest BCUT2D eigenvalue weighted by atomic mass is 16.5. The molecule has 35 heavy (non-hydrogen) atoms. The molecule has 182 valence electrons. The number of aliphatic hydroxyl groups is 2. The van der Waals surface area contributed by atoms with Crippen molar-refractivity contribution in [2.24, 2.45) is 0 Å². The minimum Gasteiger partial charge on any atom is -0.390 e. The maximum atomic E-state index is 10.3. The van der Waals surface area contributed by atoms with Crippen LogP contribution in [0.5, 0.6) is 0 Å². The van der Waals surface area contributed by atoms with Gasteiger partial charge in [0.15, 0.2) is 0 Å². The number of pyridine rings is 1. The van der Waals surface area contributed by atoms with Crippen LogP contribution in [0.2, 0.25) is 0 Å². The Hall–Kier alpha value is -3.43. The Bertz CT molecular complexity index is 1140. The summed E-state index contributed by atoms with van der Waals surface area (Å²) in [5.74, 6) is 0. The Kier molecular flexibility index (Phi) is 9.08. The van der Waals surface area contributed by atoms with Gasteiger partial charge in [0.05, 0.1) is 62.4 Å². The number of rotatable bonds is 13. The first kappa shape index (κ1) is 24.7. The first-order chi connectivity index (χ1) is 17.2. The molecule has 0 bridgehead atoms. The SMILES string of the molecule is O[C@H](COCCOC[C@@H](O)Cc1cn(-c2cccnc2)nn1)Cc1ccc(-c2ccccc2)cc1. The highest BCUT2D eigenvalue weighted by Crippen LogP contribution is 2.19. The summed E-state index contributed by atoms with van der Waals surface area (Å²) < 4.78 is 12.6. The van der Waals surface area contributed by atoms with Gasteiger partial charge < -0.3 is 19.7 Å². The predicted octanol–water partition coefficient (Wildman–Crippen LogP) is 2.87. The van der Waals surface area contributed by atoms with Gasteiger partial charge in [0, 0.05) is 19.0 Å². The fourth-order valence-electron chi connectivity index (χ4n) is 3.66. The third-order valence-corrected chi connectivity index (χ3v) is 5.42. The standard InChI is InChI=1S/C27H30N4O4/c32-26(15-21-8-10-23(11-9-21)22-5-2-1-3-6-22)19-34-13-14-35-20-27(33)16-24-18-31(30-29-24)25-7-4-12-28-17-25/h1-12,17-18,26-27,32-33H,13-16,19-20H2/t26-,27-/m0/s1. The highest BCUT2D eigenvalue weighted by Gasteiger charge is 2.11. The van der Waals surface area contributed by atoms with E-state index < -0.39 is 12.2 Å². The van der Waals surface area contributed by atoms with Crippen LogP contribution in [0.1, 0.15) is 11.3 Å². The summed E-state index contributed by atoms with van der Waals surface area (Å²) in [6, 6.07) is 22.1. The molecule has 4 rings (SSSR count). The molecule has 0 aliphatic rings. The minimum absolute atomic E-state index is 0.166. The summed E-state index contributed by atoms with van der Waals surface area (Å²) in [5, 5.41) is 28.6. The van der Waals surface area contributed by atoms with Crippen LogP contribution in [0, 0.1) is 0 Å². The molecule has 8 nitrogen and oxygen atoms in total. The molecule has 0 fully saturated rings. The zero-order chi connectivity index (χ0) is 24.3. The van der Waals surface area contributed by atoms with E-state index in [1.165, 1.54) is 5.56 Å². The summed E-state index contributed by atoms with van der Waals surface area (Å²) in [4.78, 5) is 4.06. The molecule has 0 saturated heterocycles. The summed E-state index contributed by atoms with van der Waals surface area (Å²) >= 11 is 0. The van der Waals surface area contributed by atoms with Crippen LogP contribution in [-0.2, 0) is 22.3 Å². The minimum atomic E-state index is -0.696. The number of ether oxygens (including phenoxy) is 2. The van der Waals surface area contributed by atoms with Crippen LogP contribution in [0.15, 0.2) is 85.3 Å². The van der Waals surface area contributed by atoms with E-state index in [1.807, 2.05) is 42.5 Å². The summed E-state index contributed by atoms with van der Waals surface area (Å²) in [6.45, 7) is 1.06. The number of aromatic nitrogens is 4. The summed E-state index contributed by atoms with van der Waals surface area (Å²) in [6.07, 6.45) is 4.72. The van der Waals surface area contributed by atoms with Crippen molar-refractivity contribution in [3.8, 4) is 16.8 Å². The quantitative estimate of drug-likeness (QED) is 0.287. The molecule has 0 saturated carbocycles. The van der Waals surface area contributed by atoms with Crippen LogP contribution in [0.4, 0.5) is 0 Å². The Balaban J connectivity index is 1.08. The fraction of sp³-hybridized carbons (Fsp3) is 0.296. The van der Waals surface area contributed by atoms with E-state index in [-0.39, 0.29) is 13.2 Å². The lowest BCUT2D eigenvalue weighted by Crippen LogP contribution is -2.22. The Morgan fingerprint density at radius 1 is 0.771 bits per heavy atom. The summed E-state index contributed by atoms with van der Waals surface area (Å²) in [5.41, 5.74) is 4.85. The van der Waals surface area contributed by atoms with Crippen LogP contribution in [0.25, 0.3) is 16.8 Å². The molecule has 2 aromatic heterocycles. The van der Waals surface area contributed by atoms with E-state index in [1.54, 1.807) is 23.3 Å². The lowest BCUT2D eigenvalue weighted by molar-refractivity contribution is -0.0165. The van der Waals surface area contributed by atoms with Crippen molar-refractivity contribution in [3.05, 3.63) is 96.6 Å². The first-order valence-corrected chi connectivity index (χ1v) is 11.6. The molecule has 0 aliphatic carbocycles. The number of benzene rings is 2. The monoisotopic (exact) mass is 474 g/mol. The van der Waals surface area contributed by atoms with Gasteiger partial charge in [-0.15, -0.1) is 5.10 Å². The van der Waals surface area contributed by atoms with Gasteiger partial charge in [-0.3, -0.25) is 4.98 Å². The van der Waals surface area contributed by atoms with Crippen LogP contribution < -0.4 is 0 Å². The summed E-state index contributed by atoms with van der Waals surface area (Å²) in [7, 11) is 0. The lowest BCUT2D eigenvalue weighted by atomic mass is 10.0. The molecule has 0 aliphatic heterocycles. The van der Waals surface area contributed by atoms with Crippen molar-refractivity contribution in [2.75, 3.05) is 26.4 Å². The average Bonchev–Trinajstić information content (AvgIpc) is 3.36. The average molecular weight is 475 g/mol. The highest BCUT2D eigenvalue weighted by molar-refractivity contribution is 5.63. The Morgan fingerprint density at radius 3 is 2.14 bits per heavy atom. The molecule has 0 unspecified atom stereocenters. The zero-order valence-electron chi connectivity index (χ0n) is 19.5. The second-order valence-corrected chi connectivity index (χ2v) is 8.29. The molecule has 0 spiro atoms. The number of hydrogen-bond acceptors (Lipinski definition) is 7. The van der Waals surface area contributed by atoms with Crippen molar-refractivity contribution >= 4 is 0 Å². The van der Waals surface area contributed by atoms with Gasteiger partial charge in [-0.05, 0) is 28.8 Å². The van der Waals surface area contributed by atoms with E-state index in [0.29, 0.717) is 31.7 Å². The largest absolute Gasteiger partial charge is 0.390 e. The van der Waals surface area contributed by atoms with E-state index in [2.05, 4.69) is 39.6 Å². The molecule has 2 heterocycles. The van der Waals surface area contributed by atoms with Gasteiger partial charge in [0.25, 0.3) is 0 Å². The van der Waals surface area contributed by atoms with Crippen LogP contribution >= 0.6 is 0 Å². The van der Waals surface area contributed by atoms with E-state index in [9.17, 15) is 10.2 Å². The molecule has 4 aromatic rings. The second-order valence-electron chi connectivity index (χ2n) is 8.29. The topological polar surface area (TPSA) is 103 Å². The van der Waals surface area contributed by atoms with Gasteiger partial charge in [0.1, 0.15) is 0 Å². The first-order valence-electron chi connectivity index (χ1n) is 11.6. The van der Waals surface area contributed by atoms with E-state index in [4.69, 9.17) is 9.47 Å². The van der Waals surface area contributed by atoms with Crippen molar-refractivity contribution in [1.29, 1.82) is 0 Å². The van der Waals surface area contributed by atoms with Crippen molar-refractivity contribution in [2.45, 2.75) is 25.0 Å². The van der Waals surface area contributed by atoms with Gasteiger partial charge in [-0.1, -0.05) is 59.8 Å². The van der Waals surface area contributed by atoms with Gasteiger partial charge >= 0.3 is 0 Å². The molecular formula is C27H30N4O4. The zero-order valence-corrected chi connectivity index (χ0v) is 19.5. The molecule has 2 N–H and O–H groups in total. The number of hydrogen-bond donors (Lipinski definition) is 2. The van der Waals surface area contributed by atoms with Crippen molar-refractivity contribution in [3.63, 3.8) is 0 Å². The predicted molar refractivity (Wildman–Crippen MR) is 132 cm³/mol. The van der Waals surface area contributed by atoms with Crippen LogP contribution in [-0.4, -0.2) is 68.8 Å². The Morgan fingerprint density at radius 2 is 1.46 bits per heavy atom. The fourth-order valence-corrected chi connectivity index (χ4v) is 3.66. The Labute approximate surface area is 204 Å². The molecule has 8 heteroatoms. The number of nitrogens with zero attached hydrogens (tertiary/aromatic N) is 4. The van der Waals surface area contributed by atoms with E-state index >= 15 is 0 Å². The molecular weight excluding hydrogens is 444 g/mol. The third-order valence-electron chi connectivity index (χ3n) is 5.42. The van der Waals surface area contributed by atoms with Crippen molar-refractivity contribution in [1.82, 2.24) is 20.0 Å². The molecule has 0 amide bonds. The normalized spacial score (nSPS) is 13.0. The van der Waals surface area contributed by atoms with Gasteiger partial charge in [-0.25, -0.2) is 4.68 Å². The maximum absolute atomic E-state index is 10.3. The van der Waals surface area contributed by atoms with Gasteiger partial charge in [-0.2, -0.15) is 0 Å². The molecule has 2 atom stereocenters. The lowest BCUT2D eigenvalue weighted by Gasteiger charge is -2.13. The van der Waals surface area contributed by atoms with Crippen molar-refractivity contribution < 1.29 is 19.7 Å². The maximum Gasteiger partial charge on any atom is 0.0858 e. The van der Waals surface area contributed by atoms with E-state index in [0.717, 1.165) is 16.8 Å². The second kappa shape index (κ2) is 12.9. The molecule has 2 aromatic carbocycles. The van der Waals surface area contributed by atoms with Crippen LogP contribution in [0.3, 0.4) is 0 Å². The smallest absolute Gasteiger partial charge is 0.0858 e. The third kappa shape index (κ3) is 7.80. The number of aliphatic hydroxyl groups excluding tert-OH is 2. The molecule has 0 radical (unpaired) electrons. The van der Waals surface area contributed by atoms with Gasteiger partial charge in [0.2, 0.25) is 0 Å².